The third kappa shape index (κ3) is 3.17. The lowest BCUT2D eigenvalue weighted by Crippen LogP contribution is -2.03. The summed E-state index contributed by atoms with van der Waals surface area (Å²) >= 11 is 6.09. The molecule has 0 atom stereocenters. The second-order valence-corrected chi connectivity index (χ2v) is 4.74. The zero-order chi connectivity index (χ0) is 15.6. The summed E-state index contributed by atoms with van der Waals surface area (Å²) in [5, 5.41) is 12.3. The van der Waals surface area contributed by atoms with Crippen LogP contribution >= 0.6 is 11.6 Å². The van der Waals surface area contributed by atoms with Gasteiger partial charge in [-0.25, -0.2) is 9.78 Å². The summed E-state index contributed by atoms with van der Waals surface area (Å²) in [7, 11) is 1.39. The zero-order valence-electron chi connectivity index (χ0n) is 11.5. The van der Waals surface area contributed by atoms with Crippen LogP contribution in [0.3, 0.4) is 0 Å². The number of carboxylic acids is 1. The van der Waals surface area contributed by atoms with Crippen LogP contribution in [0.4, 0.5) is 17.2 Å². The van der Waals surface area contributed by atoms with Gasteiger partial charge < -0.3 is 20.9 Å². The molecular formula is C14H14ClN3O3. The van der Waals surface area contributed by atoms with Gasteiger partial charge in [-0.05, 0) is 25.1 Å². The molecule has 0 radical (unpaired) electrons. The van der Waals surface area contributed by atoms with Gasteiger partial charge in [0.15, 0.2) is 0 Å². The highest BCUT2D eigenvalue weighted by Gasteiger charge is 2.15. The molecule has 0 aliphatic heterocycles. The first-order valence-corrected chi connectivity index (χ1v) is 6.41. The number of carbonyl (C=O) groups is 1. The van der Waals surface area contributed by atoms with Crippen LogP contribution < -0.4 is 15.8 Å². The molecule has 1 aromatic carbocycles. The average Bonchev–Trinajstić information content (AvgIpc) is 2.44. The van der Waals surface area contributed by atoms with Crippen molar-refractivity contribution in [3.8, 4) is 5.75 Å². The number of halogens is 1. The fourth-order valence-electron chi connectivity index (χ4n) is 1.76. The molecule has 1 heterocycles. The number of hydrogen-bond donors (Lipinski definition) is 3. The Morgan fingerprint density at radius 2 is 2.14 bits per heavy atom. The van der Waals surface area contributed by atoms with Crippen molar-refractivity contribution < 1.29 is 14.6 Å². The van der Waals surface area contributed by atoms with Gasteiger partial charge in [0.1, 0.15) is 17.1 Å². The van der Waals surface area contributed by atoms with E-state index in [2.05, 4.69) is 10.3 Å². The van der Waals surface area contributed by atoms with E-state index < -0.39 is 5.97 Å². The van der Waals surface area contributed by atoms with Crippen LogP contribution in [0, 0.1) is 6.92 Å². The van der Waals surface area contributed by atoms with Crippen molar-refractivity contribution in [3.63, 3.8) is 0 Å². The predicted octanol–water partition coefficient (Wildman–Crippen LogP) is 3.08. The van der Waals surface area contributed by atoms with Gasteiger partial charge in [0, 0.05) is 6.07 Å². The third-order valence-electron chi connectivity index (χ3n) is 2.91. The molecule has 110 valence electrons. The number of nitrogens with zero attached hydrogens (tertiary/aromatic N) is 1. The van der Waals surface area contributed by atoms with E-state index in [0.717, 1.165) is 0 Å². The number of pyridine rings is 1. The van der Waals surface area contributed by atoms with E-state index in [9.17, 15) is 4.79 Å². The number of nitrogens with two attached hydrogens (primary N) is 1. The molecule has 0 bridgehead atoms. The number of aromatic nitrogens is 1. The van der Waals surface area contributed by atoms with Crippen LogP contribution in [-0.2, 0) is 0 Å². The molecule has 2 rings (SSSR count). The van der Waals surface area contributed by atoms with Crippen molar-refractivity contribution in [2.75, 3.05) is 18.2 Å². The van der Waals surface area contributed by atoms with Gasteiger partial charge in [-0.3, -0.25) is 0 Å². The summed E-state index contributed by atoms with van der Waals surface area (Å²) in [4.78, 5) is 15.4. The fraction of sp³-hybridized carbons (Fsp3) is 0.143. The summed E-state index contributed by atoms with van der Waals surface area (Å²) < 4.78 is 5.06. The Labute approximate surface area is 126 Å². The number of anilines is 3. The maximum absolute atomic E-state index is 11.1. The fourth-order valence-corrected chi connectivity index (χ4v) is 1.98. The highest BCUT2D eigenvalue weighted by atomic mass is 35.5. The van der Waals surface area contributed by atoms with Crippen LogP contribution in [0.2, 0.25) is 5.02 Å². The van der Waals surface area contributed by atoms with Gasteiger partial charge in [0.25, 0.3) is 0 Å². The van der Waals surface area contributed by atoms with Crippen molar-refractivity contribution in [1.82, 2.24) is 4.98 Å². The van der Waals surface area contributed by atoms with Crippen LogP contribution in [0.25, 0.3) is 0 Å². The molecule has 6 nitrogen and oxygen atoms in total. The molecule has 0 amide bonds. The number of methoxy groups -OCH3 is 1. The second kappa shape index (κ2) is 5.88. The molecule has 0 spiro atoms. The summed E-state index contributed by atoms with van der Waals surface area (Å²) in [5.74, 6) is -0.350. The van der Waals surface area contributed by atoms with Gasteiger partial charge in [-0.2, -0.15) is 0 Å². The lowest BCUT2D eigenvalue weighted by Gasteiger charge is -2.12. The number of ether oxygens (including phenoxy) is 1. The van der Waals surface area contributed by atoms with E-state index in [1.54, 1.807) is 19.1 Å². The highest BCUT2D eigenvalue weighted by Crippen LogP contribution is 2.32. The van der Waals surface area contributed by atoms with E-state index >= 15 is 0 Å². The number of aryl methyl sites for hydroxylation is 1. The number of rotatable bonds is 4. The zero-order valence-corrected chi connectivity index (χ0v) is 12.2. The molecular weight excluding hydrogens is 294 g/mol. The first-order valence-electron chi connectivity index (χ1n) is 6.03. The Bertz CT molecular complexity index is 704. The topological polar surface area (TPSA) is 97.5 Å². The van der Waals surface area contributed by atoms with E-state index in [0.29, 0.717) is 22.9 Å². The van der Waals surface area contributed by atoms with E-state index in [1.165, 1.54) is 19.2 Å². The largest absolute Gasteiger partial charge is 0.496 e. The van der Waals surface area contributed by atoms with Crippen molar-refractivity contribution >= 4 is 34.8 Å². The predicted molar refractivity (Wildman–Crippen MR) is 81.6 cm³/mol. The lowest BCUT2D eigenvalue weighted by molar-refractivity contribution is 0.0693. The molecule has 4 N–H and O–H groups in total. The quantitative estimate of drug-likeness (QED) is 0.803. The van der Waals surface area contributed by atoms with Gasteiger partial charge >= 0.3 is 5.97 Å². The Balaban J connectivity index is 2.40. The molecule has 0 aliphatic carbocycles. The minimum atomic E-state index is -1.11. The number of benzene rings is 1. The Morgan fingerprint density at radius 1 is 1.43 bits per heavy atom. The summed E-state index contributed by atoms with van der Waals surface area (Å²) in [6, 6.07) is 6.27. The van der Waals surface area contributed by atoms with Crippen molar-refractivity contribution in [1.29, 1.82) is 0 Å². The SMILES string of the molecule is COc1cc(Nc2ccc(N)c(C)n2)c(Cl)cc1C(=O)O. The molecule has 0 saturated heterocycles. The first-order chi connectivity index (χ1) is 9.92. The number of hydrogen-bond acceptors (Lipinski definition) is 5. The van der Waals surface area contributed by atoms with E-state index in [1.807, 2.05) is 0 Å². The third-order valence-corrected chi connectivity index (χ3v) is 3.22. The van der Waals surface area contributed by atoms with Crippen molar-refractivity contribution in [3.05, 3.63) is 40.5 Å². The highest BCUT2D eigenvalue weighted by molar-refractivity contribution is 6.33. The van der Waals surface area contributed by atoms with Crippen LogP contribution in [0.15, 0.2) is 24.3 Å². The molecule has 2 aromatic rings. The van der Waals surface area contributed by atoms with E-state index in [-0.39, 0.29) is 16.3 Å². The Hall–Kier alpha value is -2.47. The summed E-state index contributed by atoms with van der Waals surface area (Å²) in [6.07, 6.45) is 0. The number of nitrogens with one attached hydrogen (secondary N) is 1. The molecule has 0 aliphatic rings. The minimum absolute atomic E-state index is 0.00510. The van der Waals surface area contributed by atoms with Gasteiger partial charge in [0.2, 0.25) is 0 Å². The van der Waals surface area contributed by atoms with Crippen LogP contribution in [0.5, 0.6) is 5.75 Å². The number of aromatic carboxylic acids is 1. The minimum Gasteiger partial charge on any atom is -0.496 e. The number of carboxylic acid groups (broad SMARTS) is 1. The van der Waals surface area contributed by atoms with E-state index in [4.69, 9.17) is 27.2 Å². The summed E-state index contributed by atoms with van der Waals surface area (Å²) in [5.41, 5.74) is 7.47. The second-order valence-electron chi connectivity index (χ2n) is 4.33. The van der Waals surface area contributed by atoms with Gasteiger partial charge in [-0.15, -0.1) is 0 Å². The standard InChI is InChI=1S/C14H14ClN3O3/c1-7-10(16)3-4-13(17-7)18-11-6-12(21-2)8(14(19)20)5-9(11)15/h3-6H,16H2,1-2H3,(H,17,18)(H,19,20). The maximum Gasteiger partial charge on any atom is 0.339 e. The van der Waals surface area contributed by atoms with Crippen molar-refractivity contribution in [2.45, 2.75) is 6.92 Å². The normalized spacial score (nSPS) is 10.2. The Morgan fingerprint density at radius 3 is 2.71 bits per heavy atom. The van der Waals surface area contributed by atoms with Gasteiger partial charge in [-0.1, -0.05) is 11.6 Å². The van der Waals surface area contributed by atoms with Crippen LogP contribution in [-0.4, -0.2) is 23.2 Å². The summed E-state index contributed by atoms with van der Waals surface area (Å²) in [6.45, 7) is 1.79. The molecule has 1 aromatic heterocycles. The molecule has 0 saturated carbocycles. The smallest absolute Gasteiger partial charge is 0.339 e. The van der Waals surface area contributed by atoms with Crippen molar-refractivity contribution in [2.24, 2.45) is 0 Å². The Kier molecular flexibility index (Phi) is 4.18. The number of nitrogen functional groups attached to an aromatic ring is 1. The average molecular weight is 308 g/mol. The molecule has 0 unspecified atom stereocenters. The first kappa shape index (κ1) is 14.9. The van der Waals surface area contributed by atoms with Crippen LogP contribution in [0.1, 0.15) is 16.1 Å². The maximum atomic E-state index is 11.1. The lowest BCUT2D eigenvalue weighted by atomic mass is 10.1. The molecule has 7 heteroatoms. The van der Waals surface area contributed by atoms with Gasteiger partial charge in [0.05, 0.1) is 29.2 Å². The molecule has 0 fully saturated rings. The molecule has 21 heavy (non-hydrogen) atoms. The monoisotopic (exact) mass is 307 g/mol.